The highest BCUT2D eigenvalue weighted by atomic mass is 127. The number of rotatable bonds is 3. The van der Waals surface area contributed by atoms with Crippen LogP contribution in [0.25, 0.3) is 0 Å². The van der Waals surface area contributed by atoms with Gasteiger partial charge in [-0.15, -0.1) is 13.2 Å². The van der Waals surface area contributed by atoms with Crippen molar-refractivity contribution in [3.05, 3.63) is 25.4 Å². The molecule has 0 N–H and O–H groups in total. The van der Waals surface area contributed by atoms with Crippen LogP contribution in [-0.2, 0) is 4.74 Å². The van der Waals surface area contributed by atoms with Gasteiger partial charge in [-0.05, 0) is 22.6 Å². The smallest absolute Gasteiger partial charge is 0.464 e. The molecule has 0 spiro atoms. The number of esters is 1. The number of pyridine rings is 1. The number of nitro groups is 1. The van der Waals surface area contributed by atoms with Crippen LogP contribution in [0.5, 0.6) is 5.88 Å². The molecule has 0 aliphatic heterocycles. The van der Waals surface area contributed by atoms with Crippen molar-refractivity contribution in [3.8, 4) is 5.88 Å². The number of alkyl halides is 3. The SMILES string of the molecule is COC(=O)c1nc(OC(F)(F)F)c(I)cc1[N+](=O)[O-]. The van der Waals surface area contributed by atoms with Gasteiger partial charge in [0.15, 0.2) is 0 Å². The Hall–Kier alpha value is -1.66. The Balaban J connectivity index is 3.38. The quantitative estimate of drug-likeness (QED) is 0.339. The van der Waals surface area contributed by atoms with E-state index in [1.165, 1.54) is 22.6 Å². The number of carbonyl (C=O) groups is 1. The van der Waals surface area contributed by atoms with E-state index in [4.69, 9.17) is 0 Å². The lowest BCUT2D eigenvalue weighted by atomic mass is 10.3. The van der Waals surface area contributed by atoms with E-state index in [0.717, 1.165) is 13.2 Å². The average Bonchev–Trinajstić information content (AvgIpc) is 2.28. The van der Waals surface area contributed by atoms with E-state index in [-0.39, 0.29) is 3.57 Å². The Morgan fingerprint density at radius 3 is 2.53 bits per heavy atom. The number of aromatic nitrogens is 1. The van der Waals surface area contributed by atoms with E-state index in [1.54, 1.807) is 0 Å². The Morgan fingerprint density at radius 1 is 1.53 bits per heavy atom. The molecular weight excluding hydrogens is 388 g/mol. The third-order valence-electron chi connectivity index (χ3n) is 1.71. The molecule has 104 valence electrons. The number of carbonyl (C=O) groups excluding carboxylic acids is 1. The summed E-state index contributed by atoms with van der Waals surface area (Å²) in [6.45, 7) is 0. The van der Waals surface area contributed by atoms with Crippen molar-refractivity contribution in [1.29, 1.82) is 0 Å². The molecule has 1 heterocycles. The fourth-order valence-corrected chi connectivity index (χ4v) is 1.56. The second kappa shape index (κ2) is 5.54. The normalized spacial score (nSPS) is 11.0. The second-order valence-electron chi connectivity index (χ2n) is 2.94. The molecule has 0 saturated carbocycles. The van der Waals surface area contributed by atoms with Crippen molar-refractivity contribution >= 4 is 34.2 Å². The van der Waals surface area contributed by atoms with Gasteiger partial charge in [-0.25, -0.2) is 4.79 Å². The first-order valence-corrected chi connectivity index (χ1v) is 5.42. The van der Waals surface area contributed by atoms with E-state index < -0.39 is 34.5 Å². The molecule has 11 heteroatoms. The topological polar surface area (TPSA) is 91.6 Å². The zero-order chi connectivity index (χ0) is 14.8. The summed E-state index contributed by atoms with van der Waals surface area (Å²) in [7, 11) is 0.913. The van der Waals surface area contributed by atoms with Gasteiger partial charge in [0.05, 0.1) is 15.6 Å². The third kappa shape index (κ3) is 3.90. The summed E-state index contributed by atoms with van der Waals surface area (Å²) < 4.78 is 43.7. The minimum Gasteiger partial charge on any atom is -0.464 e. The number of hydrogen-bond acceptors (Lipinski definition) is 6. The van der Waals surface area contributed by atoms with Crippen LogP contribution in [0.1, 0.15) is 10.5 Å². The highest BCUT2D eigenvalue weighted by molar-refractivity contribution is 14.1. The van der Waals surface area contributed by atoms with E-state index in [1.807, 2.05) is 0 Å². The summed E-state index contributed by atoms with van der Waals surface area (Å²) in [5, 5.41) is 10.7. The molecule has 0 aliphatic carbocycles. The molecule has 0 bridgehead atoms. The van der Waals surface area contributed by atoms with Crippen LogP contribution >= 0.6 is 22.6 Å². The lowest BCUT2D eigenvalue weighted by Gasteiger charge is -2.10. The van der Waals surface area contributed by atoms with Crippen molar-refractivity contribution in [2.75, 3.05) is 7.11 Å². The lowest BCUT2D eigenvalue weighted by Crippen LogP contribution is -2.20. The number of ether oxygens (including phenoxy) is 2. The van der Waals surface area contributed by atoms with Gasteiger partial charge < -0.3 is 9.47 Å². The van der Waals surface area contributed by atoms with Crippen LogP contribution in [0.3, 0.4) is 0 Å². The Bertz CT molecular complexity index is 534. The summed E-state index contributed by atoms with van der Waals surface area (Å²) in [4.78, 5) is 24.1. The number of halogens is 4. The van der Waals surface area contributed by atoms with Crippen LogP contribution in [0, 0.1) is 13.7 Å². The van der Waals surface area contributed by atoms with Crippen molar-refractivity contribution in [1.82, 2.24) is 4.98 Å². The van der Waals surface area contributed by atoms with E-state index in [0.29, 0.717) is 0 Å². The number of methoxy groups -OCH3 is 1. The van der Waals surface area contributed by atoms with Gasteiger partial charge in [-0.3, -0.25) is 10.1 Å². The van der Waals surface area contributed by atoms with Crippen LogP contribution in [0.15, 0.2) is 6.07 Å². The molecule has 0 radical (unpaired) electrons. The summed E-state index contributed by atoms with van der Waals surface area (Å²) in [5.74, 6) is -2.20. The van der Waals surface area contributed by atoms with Crippen LogP contribution in [-0.4, -0.2) is 29.3 Å². The number of hydrogen-bond donors (Lipinski definition) is 0. The zero-order valence-corrected chi connectivity index (χ0v) is 11.2. The van der Waals surface area contributed by atoms with Crippen molar-refractivity contribution in [3.63, 3.8) is 0 Å². The molecule has 1 aromatic heterocycles. The van der Waals surface area contributed by atoms with E-state index in [9.17, 15) is 28.1 Å². The largest absolute Gasteiger partial charge is 0.574 e. The highest BCUT2D eigenvalue weighted by Gasteiger charge is 2.35. The lowest BCUT2D eigenvalue weighted by molar-refractivity contribution is -0.385. The molecule has 0 aromatic carbocycles. The van der Waals surface area contributed by atoms with Gasteiger partial charge in [0, 0.05) is 6.07 Å². The molecule has 0 saturated heterocycles. The monoisotopic (exact) mass is 392 g/mol. The fraction of sp³-hybridized carbons (Fsp3) is 0.250. The maximum absolute atomic E-state index is 12.1. The summed E-state index contributed by atoms with van der Waals surface area (Å²) >= 11 is 1.37. The second-order valence-corrected chi connectivity index (χ2v) is 4.10. The van der Waals surface area contributed by atoms with E-state index in [2.05, 4.69) is 14.5 Å². The summed E-state index contributed by atoms with van der Waals surface area (Å²) in [6, 6.07) is 0.737. The molecule has 0 fully saturated rings. The van der Waals surface area contributed by atoms with Crippen LogP contribution in [0.2, 0.25) is 0 Å². The summed E-state index contributed by atoms with van der Waals surface area (Å²) in [5.41, 5.74) is -1.64. The maximum Gasteiger partial charge on any atom is 0.574 e. The van der Waals surface area contributed by atoms with Gasteiger partial charge in [0.2, 0.25) is 11.6 Å². The van der Waals surface area contributed by atoms with Crippen molar-refractivity contribution in [2.45, 2.75) is 6.36 Å². The highest BCUT2D eigenvalue weighted by Crippen LogP contribution is 2.30. The summed E-state index contributed by atoms with van der Waals surface area (Å²) in [6.07, 6.45) is -5.03. The van der Waals surface area contributed by atoms with Gasteiger partial charge >= 0.3 is 18.0 Å². The standard InChI is InChI=1S/C8H4F3IN2O5/c1-18-7(15)5-4(14(16)17)2-3(12)6(13-5)19-8(9,10)11/h2H,1H3. The van der Waals surface area contributed by atoms with Gasteiger partial charge in [-0.1, -0.05) is 0 Å². The minimum absolute atomic E-state index is 0.269. The zero-order valence-electron chi connectivity index (χ0n) is 9.02. The first-order valence-electron chi connectivity index (χ1n) is 4.34. The minimum atomic E-state index is -5.03. The molecule has 19 heavy (non-hydrogen) atoms. The molecule has 0 amide bonds. The number of nitrogens with zero attached hydrogens (tertiary/aromatic N) is 2. The molecular formula is C8H4F3IN2O5. The van der Waals surface area contributed by atoms with Crippen molar-refractivity contribution in [2.24, 2.45) is 0 Å². The molecule has 0 atom stereocenters. The van der Waals surface area contributed by atoms with E-state index >= 15 is 0 Å². The van der Waals surface area contributed by atoms with Crippen LogP contribution < -0.4 is 4.74 Å². The molecule has 1 aromatic rings. The Labute approximate surface area is 117 Å². The maximum atomic E-state index is 12.1. The van der Waals surface area contributed by atoms with Gasteiger partial charge in [0.1, 0.15) is 0 Å². The Morgan fingerprint density at radius 2 is 2.11 bits per heavy atom. The third-order valence-corrected chi connectivity index (χ3v) is 2.48. The first kappa shape index (κ1) is 15.4. The predicted octanol–water partition coefficient (Wildman–Crippen LogP) is 2.28. The van der Waals surface area contributed by atoms with Gasteiger partial charge in [-0.2, -0.15) is 4.98 Å². The molecule has 1 rings (SSSR count). The predicted molar refractivity (Wildman–Crippen MR) is 61.6 cm³/mol. The average molecular weight is 392 g/mol. The fourth-order valence-electron chi connectivity index (χ4n) is 1.03. The molecule has 7 nitrogen and oxygen atoms in total. The van der Waals surface area contributed by atoms with Crippen LogP contribution in [0.4, 0.5) is 18.9 Å². The Kier molecular flexibility index (Phi) is 4.49. The van der Waals surface area contributed by atoms with Crippen molar-refractivity contribution < 1.29 is 32.4 Å². The molecule has 0 aliphatic rings. The van der Waals surface area contributed by atoms with Gasteiger partial charge in [0.25, 0.3) is 0 Å². The first-order chi connectivity index (χ1) is 8.65. The molecule has 0 unspecified atom stereocenters.